The Balaban J connectivity index is 1.83. The van der Waals surface area contributed by atoms with Gasteiger partial charge in [0.25, 0.3) is 0 Å². The number of rotatable bonds is 1. The first kappa shape index (κ1) is 9.16. The molecule has 0 aromatic heterocycles. The first-order valence-electron chi connectivity index (χ1n) is 5.51. The average molecular weight is 215 g/mol. The quantitative estimate of drug-likeness (QED) is 0.652. The van der Waals surface area contributed by atoms with E-state index >= 15 is 0 Å². The van der Waals surface area contributed by atoms with Crippen molar-refractivity contribution in [2.75, 3.05) is 19.3 Å². The van der Waals surface area contributed by atoms with Gasteiger partial charge >= 0.3 is 0 Å². The molecule has 1 saturated heterocycles. The molecular formula is C10H17NO2S. The fraction of sp³-hybridized carbons (Fsp3) is 1.00. The molecular weight excluding hydrogens is 198 g/mol. The highest BCUT2D eigenvalue weighted by Gasteiger charge is 2.52. The summed E-state index contributed by atoms with van der Waals surface area (Å²) in [6.07, 6.45) is 5.43. The molecule has 2 unspecified atom stereocenters. The van der Waals surface area contributed by atoms with E-state index in [2.05, 4.69) is 0 Å². The first-order valence-corrected chi connectivity index (χ1v) is 7.35. The van der Waals surface area contributed by atoms with E-state index in [0.29, 0.717) is 11.8 Å². The first-order chi connectivity index (χ1) is 6.55. The van der Waals surface area contributed by atoms with Crippen LogP contribution in [0.3, 0.4) is 0 Å². The van der Waals surface area contributed by atoms with Gasteiger partial charge in [-0.1, -0.05) is 0 Å². The maximum atomic E-state index is 11.4. The third-order valence-corrected chi connectivity index (χ3v) is 5.81. The zero-order chi connectivity index (χ0) is 9.92. The van der Waals surface area contributed by atoms with Gasteiger partial charge in [-0.3, -0.25) is 0 Å². The van der Waals surface area contributed by atoms with Gasteiger partial charge in [0.05, 0.1) is 6.26 Å². The van der Waals surface area contributed by atoms with Gasteiger partial charge < -0.3 is 0 Å². The molecule has 4 atom stereocenters. The standard InChI is InChI=1S/C10H17NO2S/c1-14(12,13)11-5-9-7-2-3-8(4-7)10(9)6-11/h7-10H,2-6H2,1H3/t7?,8?,9-,10+. The molecule has 3 fully saturated rings. The highest BCUT2D eigenvalue weighted by Crippen LogP contribution is 2.55. The lowest BCUT2D eigenvalue weighted by Crippen LogP contribution is -2.29. The van der Waals surface area contributed by atoms with Crippen LogP contribution in [0, 0.1) is 23.7 Å². The van der Waals surface area contributed by atoms with E-state index in [0.717, 1.165) is 24.9 Å². The molecule has 0 aromatic rings. The molecule has 2 saturated carbocycles. The average Bonchev–Trinajstić information content (AvgIpc) is 2.74. The summed E-state index contributed by atoms with van der Waals surface area (Å²) in [5.41, 5.74) is 0. The number of hydrogen-bond acceptors (Lipinski definition) is 2. The van der Waals surface area contributed by atoms with Gasteiger partial charge in [-0.05, 0) is 42.9 Å². The van der Waals surface area contributed by atoms with Crippen molar-refractivity contribution in [1.29, 1.82) is 0 Å². The lowest BCUT2D eigenvalue weighted by atomic mass is 9.82. The topological polar surface area (TPSA) is 37.4 Å². The van der Waals surface area contributed by atoms with E-state index in [4.69, 9.17) is 0 Å². The second-order valence-corrected chi connectivity index (χ2v) is 7.22. The summed E-state index contributed by atoms with van der Waals surface area (Å²) in [6, 6.07) is 0. The largest absolute Gasteiger partial charge is 0.213 e. The minimum atomic E-state index is -2.93. The maximum Gasteiger partial charge on any atom is 0.211 e. The Morgan fingerprint density at radius 2 is 1.57 bits per heavy atom. The third kappa shape index (κ3) is 1.16. The van der Waals surface area contributed by atoms with Gasteiger partial charge in [0.15, 0.2) is 0 Å². The normalized spacial score (nSPS) is 47.2. The molecule has 0 N–H and O–H groups in total. The van der Waals surface area contributed by atoms with Gasteiger partial charge in [0.2, 0.25) is 10.0 Å². The predicted molar refractivity (Wildman–Crippen MR) is 54.2 cm³/mol. The number of sulfonamides is 1. The van der Waals surface area contributed by atoms with Crippen molar-refractivity contribution in [1.82, 2.24) is 4.31 Å². The molecule has 0 amide bonds. The zero-order valence-corrected chi connectivity index (χ0v) is 9.33. The van der Waals surface area contributed by atoms with Crippen LogP contribution in [0.4, 0.5) is 0 Å². The van der Waals surface area contributed by atoms with Crippen molar-refractivity contribution in [3.63, 3.8) is 0 Å². The summed E-state index contributed by atoms with van der Waals surface area (Å²) in [4.78, 5) is 0. The summed E-state index contributed by atoms with van der Waals surface area (Å²) in [5.74, 6) is 3.08. The predicted octanol–water partition coefficient (Wildman–Crippen LogP) is 0.924. The molecule has 1 aliphatic heterocycles. The van der Waals surface area contributed by atoms with E-state index in [-0.39, 0.29) is 0 Å². The van der Waals surface area contributed by atoms with Crippen molar-refractivity contribution in [3.8, 4) is 0 Å². The van der Waals surface area contributed by atoms with Crippen LogP contribution in [0.15, 0.2) is 0 Å². The smallest absolute Gasteiger partial charge is 0.211 e. The molecule has 80 valence electrons. The van der Waals surface area contributed by atoms with Gasteiger partial charge in [0.1, 0.15) is 0 Å². The number of fused-ring (bicyclic) bond motifs is 5. The van der Waals surface area contributed by atoms with Crippen LogP contribution >= 0.6 is 0 Å². The lowest BCUT2D eigenvalue weighted by molar-refractivity contribution is 0.281. The Morgan fingerprint density at radius 3 is 2.00 bits per heavy atom. The van der Waals surface area contributed by atoms with E-state index in [9.17, 15) is 8.42 Å². The van der Waals surface area contributed by atoms with Crippen LogP contribution < -0.4 is 0 Å². The molecule has 14 heavy (non-hydrogen) atoms. The minimum absolute atomic E-state index is 0.698. The van der Waals surface area contributed by atoms with Crippen LogP contribution in [-0.4, -0.2) is 32.1 Å². The van der Waals surface area contributed by atoms with Gasteiger partial charge in [-0.15, -0.1) is 0 Å². The molecule has 3 nitrogen and oxygen atoms in total. The molecule has 2 bridgehead atoms. The Labute approximate surface area is 85.5 Å². The lowest BCUT2D eigenvalue weighted by Gasteiger charge is -2.22. The fourth-order valence-electron chi connectivity index (χ4n) is 3.91. The Kier molecular flexibility index (Phi) is 1.78. The zero-order valence-electron chi connectivity index (χ0n) is 8.52. The van der Waals surface area contributed by atoms with E-state index in [1.54, 1.807) is 4.31 Å². The fourth-order valence-corrected chi connectivity index (χ4v) is 4.80. The van der Waals surface area contributed by atoms with Crippen LogP contribution in [0.2, 0.25) is 0 Å². The molecule has 0 spiro atoms. The summed E-state index contributed by atoms with van der Waals surface area (Å²) in [6.45, 7) is 1.62. The van der Waals surface area contributed by atoms with Crippen LogP contribution in [0.5, 0.6) is 0 Å². The van der Waals surface area contributed by atoms with Crippen molar-refractivity contribution in [3.05, 3.63) is 0 Å². The Morgan fingerprint density at radius 1 is 1.07 bits per heavy atom. The molecule has 4 heteroatoms. The van der Waals surface area contributed by atoms with Crippen molar-refractivity contribution in [2.24, 2.45) is 23.7 Å². The Hall–Kier alpha value is -0.0900. The second-order valence-electron chi connectivity index (χ2n) is 5.24. The van der Waals surface area contributed by atoms with Crippen LogP contribution in [0.25, 0.3) is 0 Å². The van der Waals surface area contributed by atoms with Crippen molar-refractivity contribution >= 4 is 10.0 Å². The van der Waals surface area contributed by atoms with Gasteiger partial charge in [-0.2, -0.15) is 0 Å². The third-order valence-electron chi connectivity index (χ3n) is 4.57. The van der Waals surface area contributed by atoms with Crippen LogP contribution in [-0.2, 0) is 10.0 Å². The summed E-state index contributed by atoms with van der Waals surface area (Å²) in [7, 11) is -2.93. The monoisotopic (exact) mass is 215 g/mol. The van der Waals surface area contributed by atoms with Crippen molar-refractivity contribution in [2.45, 2.75) is 19.3 Å². The molecule has 3 aliphatic rings. The minimum Gasteiger partial charge on any atom is -0.213 e. The highest BCUT2D eigenvalue weighted by molar-refractivity contribution is 7.88. The van der Waals surface area contributed by atoms with Gasteiger partial charge in [-0.25, -0.2) is 12.7 Å². The van der Waals surface area contributed by atoms with E-state index in [1.807, 2.05) is 0 Å². The van der Waals surface area contributed by atoms with Gasteiger partial charge in [0, 0.05) is 13.1 Å². The number of nitrogens with zero attached hydrogens (tertiary/aromatic N) is 1. The number of hydrogen-bond donors (Lipinski definition) is 0. The molecule has 2 aliphatic carbocycles. The van der Waals surface area contributed by atoms with E-state index in [1.165, 1.54) is 25.5 Å². The van der Waals surface area contributed by atoms with Crippen molar-refractivity contribution < 1.29 is 8.42 Å². The van der Waals surface area contributed by atoms with E-state index < -0.39 is 10.0 Å². The summed E-state index contributed by atoms with van der Waals surface area (Å²) < 4.78 is 24.5. The molecule has 0 aromatic carbocycles. The molecule has 3 rings (SSSR count). The van der Waals surface area contributed by atoms with Crippen LogP contribution in [0.1, 0.15) is 19.3 Å². The summed E-state index contributed by atoms with van der Waals surface area (Å²) in [5, 5.41) is 0. The molecule has 1 heterocycles. The second kappa shape index (κ2) is 2.73. The summed E-state index contributed by atoms with van der Waals surface area (Å²) >= 11 is 0. The highest BCUT2D eigenvalue weighted by atomic mass is 32.2. The maximum absolute atomic E-state index is 11.4. The SMILES string of the molecule is CS(=O)(=O)N1C[C@@H]2C3CCC(C3)[C@@H]2C1. The Bertz CT molecular complexity index is 333. The molecule has 0 radical (unpaired) electrons.